The number of fused-ring (bicyclic) bond motifs is 3. The number of halogens is 1. The second-order valence-electron chi connectivity index (χ2n) is 7.52. The van der Waals surface area contributed by atoms with Gasteiger partial charge in [0.1, 0.15) is 17.1 Å². The number of rotatable bonds is 8. The van der Waals surface area contributed by atoms with Crippen LogP contribution in [0.15, 0.2) is 36.4 Å². The lowest BCUT2D eigenvalue weighted by atomic mass is 10.2. The van der Waals surface area contributed by atoms with Gasteiger partial charge in [-0.3, -0.25) is 9.20 Å². The maximum Gasteiger partial charge on any atom is 0.252 e. The number of hydrogen-bond acceptors (Lipinski definition) is 6. The molecule has 0 aliphatic carbocycles. The van der Waals surface area contributed by atoms with Crippen LogP contribution in [-0.4, -0.2) is 45.7 Å². The number of aryl methyl sites for hydroxylation is 2. The summed E-state index contributed by atoms with van der Waals surface area (Å²) >= 11 is 6.07. The minimum absolute atomic E-state index is 0.164. The Morgan fingerprint density at radius 1 is 1.09 bits per heavy atom. The molecule has 0 saturated heterocycles. The second-order valence-corrected chi connectivity index (χ2v) is 7.93. The van der Waals surface area contributed by atoms with Crippen molar-refractivity contribution in [1.82, 2.24) is 24.9 Å². The Morgan fingerprint density at radius 3 is 2.66 bits per heavy atom. The average Bonchev–Trinajstić information content (AvgIpc) is 3.18. The van der Waals surface area contributed by atoms with Gasteiger partial charge < -0.3 is 15.4 Å². The molecule has 0 fully saturated rings. The fraction of sp³-hybridized carbons (Fsp3) is 0.304. The van der Waals surface area contributed by atoms with Crippen molar-refractivity contribution < 1.29 is 9.53 Å². The van der Waals surface area contributed by atoms with Gasteiger partial charge in [0, 0.05) is 13.1 Å². The molecule has 9 heteroatoms. The molecule has 0 unspecified atom stereocenters. The normalized spacial score (nSPS) is 11.1. The largest absolute Gasteiger partial charge is 0.494 e. The van der Waals surface area contributed by atoms with E-state index >= 15 is 0 Å². The summed E-state index contributed by atoms with van der Waals surface area (Å²) in [5, 5.41) is 15.3. The molecule has 1 amide bonds. The molecular formula is C23H25ClN6O2. The number of benzene rings is 2. The molecule has 4 rings (SSSR count). The molecule has 2 aromatic heterocycles. The van der Waals surface area contributed by atoms with E-state index in [2.05, 4.69) is 20.8 Å². The lowest BCUT2D eigenvalue weighted by molar-refractivity contribution is 0.0953. The maximum atomic E-state index is 12.2. The van der Waals surface area contributed by atoms with E-state index in [0.29, 0.717) is 35.1 Å². The Balaban J connectivity index is 1.42. The van der Waals surface area contributed by atoms with Crippen LogP contribution in [0.3, 0.4) is 0 Å². The zero-order chi connectivity index (χ0) is 22.7. The van der Waals surface area contributed by atoms with Crippen molar-refractivity contribution in [2.45, 2.75) is 26.7 Å². The number of aromatic nitrogens is 4. The molecule has 2 aromatic carbocycles. The molecule has 4 aromatic rings. The van der Waals surface area contributed by atoms with Crippen LogP contribution in [0.5, 0.6) is 5.75 Å². The van der Waals surface area contributed by atoms with Gasteiger partial charge in [-0.15, -0.1) is 10.2 Å². The molecular weight excluding hydrogens is 428 g/mol. The fourth-order valence-corrected chi connectivity index (χ4v) is 3.91. The van der Waals surface area contributed by atoms with Crippen LogP contribution in [0.2, 0.25) is 5.02 Å². The molecule has 0 aliphatic rings. The van der Waals surface area contributed by atoms with Crippen molar-refractivity contribution in [3.63, 3.8) is 0 Å². The number of nitrogens with one attached hydrogen (secondary N) is 2. The first-order chi connectivity index (χ1) is 15.5. The number of carbonyl (C=O) groups excluding carboxylic acids is 1. The lowest BCUT2D eigenvalue weighted by Gasteiger charge is -2.13. The Morgan fingerprint density at radius 2 is 1.88 bits per heavy atom. The van der Waals surface area contributed by atoms with E-state index in [0.717, 1.165) is 41.0 Å². The van der Waals surface area contributed by atoms with Crippen LogP contribution in [0, 0.1) is 13.8 Å². The smallest absolute Gasteiger partial charge is 0.252 e. The molecule has 8 nitrogen and oxygen atoms in total. The minimum atomic E-state index is -0.164. The van der Waals surface area contributed by atoms with Gasteiger partial charge >= 0.3 is 0 Å². The SMILES string of the molecule is COc1c(C)ccc2c1nc(NCCCCNC(=O)c1ccccc1Cl)c1nnc(C)n12. The number of carbonyl (C=O) groups is 1. The summed E-state index contributed by atoms with van der Waals surface area (Å²) in [4.78, 5) is 17.0. The highest BCUT2D eigenvalue weighted by Crippen LogP contribution is 2.31. The number of methoxy groups -OCH3 is 1. The molecule has 0 saturated carbocycles. The van der Waals surface area contributed by atoms with Crippen LogP contribution in [0.4, 0.5) is 5.82 Å². The summed E-state index contributed by atoms with van der Waals surface area (Å²) in [6, 6.07) is 11.0. The van der Waals surface area contributed by atoms with Gasteiger partial charge in [-0.25, -0.2) is 4.98 Å². The van der Waals surface area contributed by atoms with E-state index in [1.165, 1.54) is 0 Å². The standard InChI is InChI=1S/C23H25ClN6O2/c1-14-10-11-18-19(20(14)32-3)27-21(22-29-28-15(2)30(18)22)25-12-6-7-13-26-23(31)16-8-4-5-9-17(16)24/h4-5,8-11H,6-7,12-13H2,1-3H3,(H,25,27)(H,26,31). The van der Waals surface area contributed by atoms with Crippen LogP contribution in [0.25, 0.3) is 16.7 Å². The highest BCUT2D eigenvalue weighted by atomic mass is 35.5. The Bertz CT molecular complexity index is 1290. The summed E-state index contributed by atoms with van der Waals surface area (Å²) in [6.07, 6.45) is 1.65. The summed E-state index contributed by atoms with van der Waals surface area (Å²) < 4.78 is 7.59. The van der Waals surface area contributed by atoms with Crippen molar-refractivity contribution in [1.29, 1.82) is 0 Å². The van der Waals surface area contributed by atoms with Crippen molar-refractivity contribution >= 4 is 40.0 Å². The molecule has 0 aliphatic heterocycles. The molecule has 2 N–H and O–H groups in total. The van der Waals surface area contributed by atoms with E-state index < -0.39 is 0 Å². The first kappa shape index (κ1) is 21.8. The van der Waals surface area contributed by atoms with Crippen molar-refractivity contribution in [3.8, 4) is 5.75 Å². The van der Waals surface area contributed by atoms with Crippen molar-refractivity contribution in [2.75, 3.05) is 25.5 Å². The van der Waals surface area contributed by atoms with Gasteiger partial charge in [0.05, 0.1) is 23.2 Å². The molecule has 0 atom stereocenters. The van der Waals surface area contributed by atoms with Crippen LogP contribution < -0.4 is 15.4 Å². The Hall–Kier alpha value is -3.39. The average molecular weight is 453 g/mol. The zero-order valence-corrected chi connectivity index (χ0v) is 19.0. The van der Waals surface area contributed by atoms with E-state index in [1.54, 1.807) is 31.4 Å². The first-order valence-electron chi connectivity index (χ1n) is 10.5. The van der Waals surface area contributed by atoms with Gasteiger partial charge in [0.25, 0.3) is 5.91 Å². The van der Waals surface area contributed by atoms with E-state index in [1.807, 2.05) is 30.4 Å². The zero-order valence-electron chi connectivity index (χ0n) is 18.3. The van der Waals surface area contributed by atoms with Gasteiger partial charge in [-0.1, -0.05) is 29.8 Å². The van der Waals surface area contributed by atoms with E-state index in [4.69, 9.17) is 21.3 Å². The molecule has 166 valence electrons. The number of anilines is 1. The summed E-state index contributed by atoms with van der Waals surface area (Å²) in [6.45, 7) is 5.14. The van der Waals surface area contributed by atoms with Crippen molar-refractivity contribution in [2.24, 2.45) is 0 Å². The first-order valence-corrected chi connectivity index (χ1v) is 10.8. The lowest BCUT2D eigenvalue weighted by Crippen LogP contribution is -2.25. The number of unbranched alkanes of at least 4 members (excludes halogenated alkanes) is 1. The van der Waals surface area contributed by atoms with Gasteiger partial charge in [0.15, 0.2) is 5.82 Å². The molecule has 2 heterocycles. The van der Waals surface area contributed by atoms with Crippen LogP contribution in [0.1, 0.15) is 34.6 Å². The number of ether oxygens (including phenoxy) is 1. The van der Waals surface area contributed by atoms with Crippen LogP contribution in [-0.2, 0) is 0 Å². The minimum Gasteiger partial charge on any atom is -0.494 e. The van der Waals surface area contributed by atoms with Crippen molar-refractivity contribution in [3.05, 3.63) is 58.4 Å². The highest BCUT2D eigenvalue weighted by molar-refractivity contribution is 6.33. The summed E-state index contributed by atoms with van der Waals surface area (Å²) in [5.74, 6) is 2.01. The third-order valence-electron chi connectivity index (χ3n) is 5.31. The second kappa shape index (κ2) is 9.40. The third kappa shape index (κ3) is 4.18. The predicted octanol–water partition coefficient (Wildman–Crippen LogP) is 4.18. The molecule has 32 heavy (non-hydrogen) atoms. The molecule has 0 spiro atoms. The molecule has 0 bridgehead atoms. The number of hydrogen-bond donors (Lipinski definition) is 2. The fourth-order valence-electron chi connectivity index (χ4n) is 3.69. The Labute approximate surface area is 191 Å². The highest BCUT2D eigenvalue weighted by Gasteiger charge is 2.16. The van der Waals surface area contributed by atoms with E-state index in [9.17, 15) is 4.79 Å². The topological polar surface area (TPSA) is 93.4 Å². The maximum absolute atomic E-state index is 12.2. The monoisotopic (exact) mass is 452 g/mol. The van der Waals surface area contributed by atoms with Gasteiger partial charge in [-0.05, 0) is 50.5 Å². The van der Waals surface area contributed by atoms with Crippen LogP contribution >= 0.6 is 11.6 Å². The Kier molecular flexibility index (Phi) is 6.41. The molecule has 0 radical (unpaired) electrons. The van der Waals surface area contributed by atoms with Gasteiger partial charge in [0.2, 0.25) is 5.65 Å². The van der Waals surface area contributed by atoms with E-state index in [-0.39, 0.29) is 5.91 Å². The third-order valence-corrected chi connectivity index (χ3v) is 5.64. The summed E-state index contributed by atoms with van der Waals surface area (Å²) in [7, 11) is 1.65. The quantitative estimate of drug-likeness (QED) is 0.389. The number of amides is 1. The number of nitrogens with zero attached hydrogens (tertiary/aromatic N) is 4. The van der Waals surface area contributed by atoms with Gasteiger partial charge in [-0.2, -0.15) is 0 Å². The summed E-state index contributed by atoms with van der Waals surface area (Å²) in [5.41, 5.74) is 3.84. The predicted molar refractivity (Wildman–Crippen MR) is 126 cm³/mol.